The molecule has 0 aliphatic carbocycles. The summed E-state index contributed by atoms with van der Waals surface area (Å²) in [5.41, 5.74) is 7.97. The van der Waals surface area contributed by atoms with E-state index in [4.69, 9.17) is 15.2 Å². The van der Waals surface area contributed by atoms with E-state index in [2.05, 4.69) is 19.9 Å². The molecule has 0 bridgehead atoms. The van der Waals surface area contributed by atoms with Gasteiger partial charge in [0.2, 0.25) is 0 Å². The molecule has 0 aromatic heterocycles. The van der Waals surface area contributed by atoms with E-state index in [1.54, 1.807) is 7.11 Å². The monoisotopic (exact) mass is 251 g/mol. The summed E-state index contributed by atoms with van der Waals surface area (Å²) in [6.07, 6.45) is 0.859. The van der Waals surface area contributed by atoms with E-state index in [0.29, 0.717) is 6.61 Å². The van der Waals surface area contributed by atoms with Crippen molar-refractivity contribution in [1.82, 2.24) is 0 Å². The van der Waals surface area contributed by atoms with E-state index in [0.717, 1.165) is 23.3 Å². The maximum absolute atomic E-state index is 5.85. The lowest BCUT2D eigenvalue weighted by molar-refractivity contribution is 0.00539. The molecule has 0 heterocycles. The van der Waals surface area contributed by atoms with E-state index in [-0.39, 0.29) is 11.6 Å². The van der Waals surface area contributed by atoms with Crippen molar-refractivity contribution in [3.63, 3.8) is 0 Å². The molecule has 0 radical (unpaired) electrons. The minimum Gasteiger partial charge on any atom is -0.493 e. The van der Waals surface area contributed by atoms with Crippen LogP contribution in [0.1, 0.15) is 44.4 Å². The molecule has 1 atom stereocenters. The number of rotatable bonds is 6. The molecule has 18 heavy (non-hydrogen) atoms. The lowest BCUT2D eigenvalue weighted by atomic mass is 10.1. The Morgan fingerprint density at radius 2 is 2.00 bits per heavy atom. The Bertz CT molecular complexity index is 386. The number of ether oxygens (including phenoxy) is 2. The minimum absolute atomic E-state index is 0.0603. The zero-order valence-electron chi connectivity index (χ0n) is 12.1. The molecule has 0 unspecified atom stereocenters. The smallest absolute Gasteiger partial charge is 0.122 e. The van der Waals surface area contributed by atoms with Crippen molar-refractivity contribution in [2.45, 2.75) is 45.8 Å². The van der Waals surface area contributed by atoms with Crippen LogP contribution < -0.4 is 10.5 Å². The summed E-state index contributed by atoms with van der Waals surface area (Å²) in [5, 5.41) is 0. The molecular weight excluding hydrogens is 226 g/mol. The number of aryl methyl sites for hydroxylation is 1. The van der Waals surface area contributed by atoms with E-state index >= 15 is 0 Å². The first-order valence-electron chi connectivity index (χ1n) is 6.40. The fourth-order valence-corrected chi connectivity index (χ4v) is 1.63. The Hall–Kier alpha value is -1.06. The van der Waals surface area contributed by atoms with Crippen molar-refractivity contribution >= 4 is 0 Å². The van der Waals surface area contributed by atoms with Gasteiger partial charge < -0.3 is 15.2 Å². The number of hydrogen-bond donors (Lipinski definition) is 1. The molecule has 1 aromatic rings. The third-order valence-electron chi connectivity index (χ3n) is 3.24. The quantitative estimate of drug-likeness (QED) is 0.844. The average molecular weight is 251 g/mol. The first-order chi connectivity index (χ1) is 8.35. The van der Waals surface area contributed by atoms with Crippen LogP contribution in [0.2, 0.25) is 0 Å². The Morgan fingerprint density at radius 1 is 1.33 bits per heavy atom. The Morgan fingerprint density at radius 3 is 2.50 bits per heavy atom. The number of benzene rings is 1. The number of nitrogens with two attached hydrogens (primary N) is 1. The van der Waals surface area contributed by atoms with Crippen LogP contribution >= 0.6 is 0 Å². The summed E-state index contributed by atoms with van der Waals surface area (Å²) >= 11 is 0. The van der Waals surface area contributed by atoms with Crippen LogP contribution in [0.5, 0.6) is 5.75 Å². The van der Waals surface area contributed by atoms with Crippen molar-refractivity contribution in [3.05, 3.63) is 29.3 Å². The summed E-state index contributed by atoms with van der Waals surface area (Å²) < 4.78 is 11.1. The van der Waals surface area contributed by atoms with Gasteiger partial charge in [0.25, 0.3) is 0 Å². The van der Waals surface area contributed by atoms with Gasteiger partial charge in [0, 0.05) is 19.6 Å². The van der Waals surface area contributed by atoms with Crippen LogP contribution in [0.4, 0.5) is 0 Å². The standard InChI is InChI=1S/C15H25NO2/c1-11-10-13(12(2)16)6-7-14(11)18-9-8-15(3,4)17-5/h6-7,10,12H,8-9,16H2,1-5H3/t12-/m0/s1. The van der Waals surface area contributed by atoms with E-state index < -0.39 is 0 Å². The first kappa shape index (κ1) is 15.0. The van der Waals surface area contributed by atoms with Gasteiger partial charge in [0.05, 0.1) is 12.2 Å². The van der Waals surface area contributed by atoms with Gasteiger partial charge in [-0.2, -0.15) is 0 Å². The summed E-state index contributed by atoms with van der Waals surface area (Å²) in [7, 11) is 1.72. The van der Waals surface area contributed by atoms with Crippen LogP contribution in [0.15, 0.2) is 18.2 Å². The van der Waals surface area contributed by atoms with Crippen LogP contribution in [0.3, 0.4) is 0 Å². The fourth-order valence-electron chi connectivity index (χ4n) is 1.63. The maximum Gasteiger partial charge on any atom is 0.122 e. The highest BCUT2D eigenvalue weighted by Crippen LogP contribution is 2.23. The van der Waals surface area contributed by atoms with Gasteiger partial charge in [0.15, 0.2) is 0 Å². The highest BCUT2D eigenvalue weighted by Gasteiger charge is 2.16. The molecule has 0 aliphatic heterocycles. The molecule has 0 saturated heterocycles. The Balaban J connectivity index is 2.58. The van der Waals surface area contributed by atoms with Gasteiger partial charge in [-0.3, -0.25) is 0 Å². The summed E-state index contributed by atoms with van der Waals surface area (Å²) in [5.74, 6) is 0.923. The molecule has 0 spiro atoms. The van der Waals surface area contributed by atoms with E-state index in [1.165, 1.54) is 0 Å². The summed E-state index contributed by atoms with van der Waals surface area (Å²) in [6.45, 7) is 8.79. The second-order valence-electron chi connectivity index (χ2n) is 5.38. The predicted molar refractivity (Wildman–Crippen MR) is 75.0 cm³/mol. The van der Waals surface area contributed by atoms with Crippen molar-refractivity contribution in [2.24, 2.45) is 5.73 Å². The molecule has 0 saturated carbocycles. The molecule has 2 N–H and O–H groups in total. The van der Waals surface area contributed by atoms with Gasteiger partial charge in [-0.15, -0.1) is 0 Å². The largest absolute Gasteiger partial charge is 0.493 e. The fraction of sp³-hybridized carbons (Fsp3) is 0.600. The Kier molecular flexibility index (Phi) is 5.17. The predicted octanol–water partition coefficient (Wildman–Crippen LogP) is 3.21. The van der Waals surface area contributed by atoms with Crippen LogP contribution in [0.25, 0.3) is 0 Å². The average Bonchev–Trinajstić information content (AvgIpc) is 2.31. The first-order valence-corrected chi connectivity index (χ1v) is 6.40. The van der Waals surface area contributed by atoms with Gasteiger partial charge in [0.1, 0.15) is 5.75 Å². The maximum atomic E-state index is 5.85. The normalized spacial score (nSPS) is 13.4. The molecule has 3 heteroatoms. The summed E-state index contributed by atoms with van der Waals surface area (Å²) in [6, 6.07) is 6.16. The highest BCUT2D eigenvalue weighted by molar-refractivity contribution is 5.37. The SMILES string of the molecule is COC(C)(C)CCOc1ccc([C@H](C)N)cc1C. The van der Waals surface area contributed by atoms with Gasteiger partial charge in [-0.05, 0) is 44.9 Å². The van der Waals surface area contributed by atoms with Gasteiger partial charge >= 0.3 is 0 Å². The highest BCUT2D eigenvalue weighted by atomic mass is 16.5. The lowest BCUT2D eigenvalue weighted by Crippen LogP contribution is -2.25. The molecule has 0 aliphatic rings. The van der Waals surface area contributed by atoms with Crippen molar-refractivity contribution in [1.29, 1.82) is 0 Å². The molecule has 0 amide bonds. The second-order valence-corrected chi connectivity index (χ2v) is 5.38. The molecule has 1 aromatic carbocycles. The third kappa shape index (κ3) is 4.31. The Labute approximate surface area is 110 Å². The summed E-state index contributed by atoms with van der Waals surface area (Å²) in [4.78, 5) is 0. The minimum atomic E-state index is -0.139. The zero-order chi connectivity index (χ0) is 13.8. The molecule has 3 nitrogen and oxygen atoms in total. The number of methoxy groups -OCH3 is 1. The second kappa shape index (κ2) is 6.21. The third-order valence-corrected chi connectivity index (χ3v) is 3.24. The van der Waals surface area contributed by atoms with Crippen LogP contribution in [-0.4, -0.2) is 19.3 Å². The molecule has 0 fully saturated rings. The van der Waals surface area contributed by atoms with Crippen LogP contribution in [-0.2, 0) is 4.74 Å². The molecule has 102 valence electrons. The van der Waals surface area contributed by atoms with Gasteiger partial charge in [-0.25, -0.2) is 0 Å². The van der Waals surface area contributed by atoms with Gasteiger partial charge in [-0.1, -0.05) is 12.1 Å². The van der Waals surface area contributed by atoms with Crippen molar-refractivity contribution in [3.8, 4) is 5.75 Å². The van der Waals surface area contributed by atoms with Crippen LogP contribution in [0, 0.1) is 6.92 Å². The zero-order valence-corrected chi connectivity index (χ0v) is 12.1. The lowest BCUT2D eigenvalue weighted by Gasteiger charge is -2.23. The van der Waals surface area contributed by atoms with Crippen molar-refractivity contribution < 1.29 is 9.47 Å². The molecular formula is C15H25NO2. The topological polar surface area (TPSA) is 44.5 Å². The van der Waals surface area contributed by atoms with E-state index in [1.807, 2.05) is 26.0 Å². The molecule has 1 rings (SSSR count). The number of hydrogen-bond acceptors (Lipinski definition) is 3. The van der Waals surface area contributed by atoms with E-state index in [9.17, 15) is 0 Å². The van der Waals surface area contributed by atoms with Crippen molar-refractivity contribution in [2.75, 3.05) is 13.7 Å².